The Bertz CT molecular complexity index is 893. The number of amides is 1. The molecule has 0 saturated carbocycles. The van der Waals surface area contributed by atoms with Crippen LogP contribution in [0.2, 0.25) is 0 Å². The van der Waals surface area contributed by atoms with Crippen molar-refractivity contribution in [2.75, 3.05) is 11.4 Å². The molecule has 4 nitrogen and oxygen atoms in total. The maximum atomic E-state index is 12.6. The van der Waals surface area contributed by atoms with Crippen molar-refractivity contribution in [1.82, 2.24) is 10.3 Å². The first-order valence-corrected chi connectivity index (χ1v) is 9.25. The normalized spacial score (nSPS) is 10.4. The van der Waals surface area contributed by atoms with Gasteiger partial charge in [-0.1, -0.05) is 54.6 Å². The summed E-state index contributed by atoms with van der Waals surface area (Å²) in [5.74, 6) is 0.725. The molecule has 1 amide bonds. The van der Waals surface area contributed by atoms with Gasteiger partial charge >= 0.3 is 0 Å². The van der Waals surface area contributed by atoms with Crippen LogP contribution in [-0.2, 0) is 13.1 Å². The molecule has 1 heterocycles. The molecule has 2 aromatic carbocycles. The Hall–Kier alpha value is -3.14. The number of rotatable bonds is 7. The maximum Gasteiger partial charge on any atom is 0.251 e. The highest BCUT2D eigenvalue weighted by atomic mass is 16.1. The molecule has 3 rings (SSSR count). The molecule has 0 saturated heterocycles. The minimum Gasteiger partial charge on any atom is -0.353 e. The van der Waals surface area contributed by atoms with Gasteiger partial charge in [-0.25, -0.2) is 4.98 Å². The summed E-state index contributed by atoms with van der Waals surface area (Å²) in [7, 11) is 0. The SMILES string of the molecule is CCN(Cc1ccccc1)c1cc(C(=O)NCc2ccccc2C)ccn1. The molecule has 138 valence electrons. The summed E-state index contributed by atoms with van der Waals surface area (Å²) in [6, 6.07) is 22.0. The van der Waals surface area contributed by atoms with Gasteiger partial charge in [-0.15, -0.1) is 0 Å². The molecule has 27 heavy (non-hydrogen) atoms. The van der Waals surface area contributed by atoms with Crippen LogP contribution >= 0.6 is 0 Å². The number of benzene rings is 2. The molecule has 1 aromatic heterocycles. The van der Waals surface area contributed by atoms with Crippen molar-refractivity contribution < 1.29 is 4.79 Å². The summed E-state index contributed by atoms with van der Waals surface area (Å²) in [6.07, 6.45) is 1.70. The lowest BCUT2D eigenvalue weighted by Crippen LogP contribution is -2.26. The molecule has 0 aliphatic heterocycles. The second-order valence-electron chi connectivity index (χ2n) is 6.51. The molecule has 3 aromatic rings. The highest BCUT2D eigenvalue weighted by Gasteiger charge is 2.11. The van der Waals surface area contributed by atoms with E-state index in [2.05, 4.69) is 47.2 Å². The number of nitrogens with zero attached hydrogens (tertiary/aromatic N) is 2. The zero-order valence-corrected chi connectivity index (χ0v) is 15.9. The van der Waals surface area contributed by atoms with Gasteiger partial charge in [0.05, 0.1) is 0 Å². The van der Waals surface area contributed by atoms with Crippen molar-refractivity contribution >= 4 is 11.7 Å². The first-order chi connectivity index (χ1) is 13.2. The number of nitrogens with one attached hydrogen (secondary N) is 1. The Morgan fingerprint density at radius 3 is 2.52 bits per heavy atom. The lowest BCUT2D eigenvalue weighted by Gasteiger charge is -2.22. The van der Waals surface area contributed by atoms with Gasteiger partial charge in [-0.05, 0) is 42.7 Å². The Kier molecular flexibility index (Phi) is 6.21. The van der Waals surface area contributed by atoms with Crippen molar-refractivity contribution in [3.8, 4) is 0 Å². The highest BCUT2D eigenvalue weighted by Crippen LogP contribution is 2.16. The molecule has 0 atom stereocenters. The van der Waals surface area contributed by atoms with E-state index in [4.69, 9.17) is 0 Å². The fraction of sp³-hybridized carbons (Fsp3) is 0.217. The van der Waals surface area contributed by atoms with Crippen molar-refractivity contribution in [2.45, 2.75) is 26.9 Å². The van der Waals surface area contributed by atoms with Crippen molar-refractivity contribution in [2.24, 2.45) is 0 Å². The Labute approximate surface area is 160 Å². The quantitative estimate of drug-likeness (QED) is 0.682. The average Bonchev–Trinajstić information content (AvgIpc) is 2.72. The van der Waals surface area contributed by atoms with Crippen LogP contribution in [0.15, 0.2) is 72.9 Å². The fourth-order valence-electron chi connectivity index (χ4n) is 2.98. The number of carbonyl (C=O) groups is 1. The number of aryl methyl sites for hydroxylation is 1. The molecular weight excluding hydrogens is 334 g/mol. The van der Waals surface area contributed by atoms with E-state index >= 15 is 0 Å². The van der Waals surface area contributed by atoms with Crippen LogP contribution in [0.25, 0.3) is 0 Å². The standard InChI is InChI=1S/C23H25N3O/c1-3-26(17-19-10-5-4-6-11-19)22-15-20(13-14-24-22)23(27)25-16-21-12-8-7-9-18(21)2/h4-15H,3,16-17H2,1-2H3,(H,25,27). The van der Waals surface area contributed by atoms with E-state index in [0.717, 1.165) is 24.5 Å². The van der Waals surface area contributed by atoms with Crippen LogP contribution in [0.4, 0.5) is 5.82 Å². The number of carbonyl (C=O) groups excluding carboxylic acids is 1. The minimum absolute atomic E-state index is 0.0855. The Morgan fingerprint density at radius 1 is 1.04 bits per heavy atom. The summed E-state index contributed by atoms with van der Waals surface area (Å²) < 4.78 is 0. The third-order valence-corrected chi connectivity index (χ3v) is 4.63. The molecule has 0 aliphatic carbocycles. The molecule has 0 radical (unpaired) electrons. The smallest absolute Gasteiger partial charge is 0.251 e. The van der Waals surface area contributed by atoms with Crippen molar-refractivity contribution in [1.29, 1.82) is 0 Å². The van der Waals surface area contributed by atoms with Crippen LogP contribution in [0.3, 0.4) is 0 Å². The maximum absolute atomic E-state index is 12.6. The first-order valence-electron chi connectivity index (χ1n) is 9.25. The van der Waals surface area contributed by atoms with Gasteiger partial charge in [0.15, 0.2) is 0 Å². The average molecular weight is 359 g/mol. The first kappa shape index (κ1) is 18.6. The topological polar surface area (TPSA) is 45.2 Å². The lowest BCUT2D eigenvalue weighted by molar-refractivity contribution is 0.0951. The van der Waals surface area contributed by atoms with E-state index in [9.17, 15) is 4.79 Å². The van der Waals surface area contributed by atoms with E-state index in [1.807, 2.05) is 42.5 Å². The summed E-state index contributed by atoms with van der Waals surface area (Å²) in [5.41, 5.74) is 4.14. The number of aromatic nitrogens is 1. The van der Waals surface area contributed by atoms with Crippen LogP contribution in [0.1, 0.15) is 34.0 Å². The molecule has 1 N–H and O–H groups in total. The lowest BCUT2D eigenvalue weighted by atomic mass is 10.1. The van der Waals surface area contributed by atoms with Crippen molar-refractivity contribution in [3.63, 3.8) is 0 Å². The van der Waals surface area contributed by atoms with Gasteiger partial charge in [0, 0.05) is 31.4 Å². The fourth-order valence-corrected chi connectivity index (χ4v) is 2.98. The molecular formula is C23H25N3O. The van der Waals surface area contributed by atoms with Crippen LogP contribution in [-0.4, -0.2) is 17.4 Å². The molecule has 0 spiro atoms. The summed E-state index contributed by atoms with van der Waals surface area (Å²) in [6.45, 7) is 6.24. The predicted molar refractivity (Wildman–Crippen MR) is 110 cm³/mol. The van der Waals surface area contributed by atoms with E-state index in [0.29, 0.717) is 12.1 Å². The molecule has 0 fully saturated rings. The number of pyridine rings is 1. The Balaban J connectivity index is 1.70. The molecule has 0 unspecified atom stereocenters. The number of hydrogen-bond donors (Lipinski definition) is 1. The van der Waals surface area contributed by atoms with Crippen molar-refractivity contribution in [3.05, 3.63) is 95.2 Å². The van der Waals surface area contributed by atoms with E-state index < -0.39 is 0 Å². The number of hydrogen-bond acceptors (Lipinski definition) is 3. The van der Waals surface area contributed by atoms with Gasteiger partial charge in [0.1, 0.15) is 5.82 Å². The van der Waals surface area contributed by atoms with Crippen LogP contribution < -0.4 is 10.2 Å². The van der Waals surface area contributed by atoms with Crippen LogP contribution in [0.5, 0.6) is 0 Å². The van der Waals surface area contributed by atoms with Gasteiger partial charge in [0.25, 0.3) is 5.91 Å². The molecule has 4 heteroatoms. The van der Waals surface area contributed by atoms with E-state index in [1.54, 1.807) is 12.3 Å². The Morgan fingerprint density at radius 2 is 1.78 bits per heavy atom. The minimum atomic E-state index is -0.0855. The van der Waals surface area contributed by atoms with Gasteiger partial charge in [0.2, 0.25) is 0 Å². The zero-order valence-electron chi connectivity index (χ0n) is 15.9. The largest absolute Gasteiger partial charge is 0.353 e. The summed E-state index contributed by atoms with van der Waals surface area (Å²) in [5, 5.41) is 3.00. The predicted octanol–water partition coefficient (Wildman–Crippen LogP) is 4.35. The third-order valence-electron chi connectivity index (χ3n) is 4.63. The number of anilines is 1. The summed E-state index contributed by atoms with van der Waals surface area (Å²) in [4.78, 5) is 19.2. The molecule has 0 aliphatic rings. The van der Waals surface area contributed by atoms with E-state index in [-0.39, 0.29) is 5.91 Å². The second-order valence-corrected chi connectivity index (χ2v) is 6.51. The van der Waals surface area contributed by atoms with Gasteiger partial charge in [-0.2, -0.15) is 0 Å². The van der Waals surface area contributed by atoms with E-state index in [1.165, 1.54) is 11.1 Å². The monoisotopic (exact) mass is 359 g/mol. The van der Waals surface area contributed by atoms with Gasteiger partial charge < -0.3 is 10.2 Å². The summed E-state index contributed by atoms with van der Waals surface area (Å²) >= 11 is 0. The zero-order chi connectivity index (χ0) is 19.1. The third kappa shape index (κ3) is 4.94. The highest BCUT2D eigenvalue weighted by molar-refractivity contribution is 5.94. The van der Waals surface area contributed by atoms with Gasteiger partial charge in [-0.3, -0.25) is 4.79 Å². The van der Waals surface area contributed by atoms with Crippen LogP contribution in [0, 0.1) is 6.92 Å². The second kappa shape index (κ2) is 8.99. The molecule has 0 bridgehead atoms.